The van der Waals surface area contributed by atoms with Crippen LogP contribution in [-0.4, -0.2) is 112 Å². The van der Waals surface area contributed by atoms with Crippen LogP contribution < -0.4 is 30.6 Å². The SMILES string of the molecule is COc1ccc(C(OCC2O[C@H](n3cnc4c(=O)[nH]c(Nc5cc(-c6nnc(-c7ccc(N8CCN(C)CC8)cc7)o6)ccc5NC(C)=O)nc43)CC2O)(c2ccccc2)c2ccc(OC)cc2)cc1. The number of nitrogens with one attached hydrogen (secondary N) is 3. The fraction of sp³-hybridized carbons (Fsp3) is 0.269. The third-order valence-corrected chi connectivity index (χ3v) is 12.8. The summed E-state index contributed by atoms with van der Waals surface area (Å²) in [6, 6.07) is 38.5. The van der Waals surface area contributed by atoms with Gasteiger partial charge in [-0.3, -0.25) is 19.1 Å². The predicted octanol–water partition coefficient (Wildman–Crippen LogP) is 6.96. The number of piperazine rings is 1. The Morgan fingerprint density at radius 1 is 0.814 bits per heavy atom. The number of aromatic nitrogens is 6. The number of aliphatic hydroxyl groups excluding tert-OH is 1. The third kappa shape index (κ3) is 9.19. The molecule has 2 saturated heterocycles. The lowest BCUT2D eigenvalue weighted by Crippen LogP contribution is -2.44. The van der Waals surface area contributed by atoms with Crippen molar-refractivity contribution in [3.05, 3.63) is 155 Å². The first kappa shape index (κ1) is 45.9. The highest BCUT2D eigenvalue weighted by Crippen LogP contribution is 2.43. The zero-order chi connectivity index (χ0) is 48.4. The van der Waals surface area contributed by atoms with E-state index in [1.165, 1.54) is 13.3 Å². The van der Waals surface area contributed by atoms with Crippen LogP contribution in [0, 0.1) is 0 Å². The minimum atomic E-state index is -1.14. The molecule has 0 bridgehead atoms. The Morgan fingerprint density at radius 3 is 2.09 bits per heavy atom. The first-order valence-electron chi connectivity index (χ1n) is 22.9. The largest absolute Gasteiger partial charge is 0.497 e. The number of anilines is 4. The highest BCUT2D eigenvalue weighted by molar-refractivity contribution is 5.94. The van der Waals surface area contributed by atoms with Crippen LogP contribution in [-0.2, 0) is 19.9 Å². The van der Waals surface area contributed by atoms with Crippen LogP contribution in [0.5, 0.6) is 11.5 Å². The standard InChI is InChI=1S/C52H52N10O8/c1-32(63)54-41-23-12-34(50-59-58-49(70-50)33-10-17-38(18-11-33)61-26-24-60(2)25-27-61)28-42(41)55-51-56-47-46(48(65)57-51)53-31-62(47)45-29-43(64)44(69-45)30-68-52(35-8-6-5-7-9-35,36-13-19-39(66-3)20-14-36)37-15-21-40(67-4)22-16-37/h5-23,28,31,43-45,64H,24-27,29-30H2,1-4H3,(H,54,63)(H2,55,56,57,65)/t43?,44?,45-/m0/s1. The average molecular weight is 945 g/mol. The van der Waals surface area contributed by atoms with Crippen LogP contribution in [0.2, 0.25) is 0 Å². The van der Waals surface area contributed by atoms with Crippen LogP contribution in [0.25, 0.3) is 34.1 Å². The van der Waals surface area contributed by atoms with Gasteiger partial charge in [-0.2, -0.15) is 4.98 Å². The van der Waals surface area contributed by atoms with Gasteiger partial charge in [-0.15, -0.1) is 10.2 Å². The van der Waals surface area contributed by atoms with E-state index in [2.05, 4.69) is 59.8 Å². The molecule has 0 spiro atoms. The van der Waals surface area contributed by atoms with Crippen LogP contribution >= 0.6 is 0 Å². The van der Waals surface area contributed by atoms with Crippen molar-refractivity contribution >= 4 is 40.1 Å². The number of rotatable bonds is 15. The summed E-state index contributed by atoms with van der Waals surface area (Å²) in [6.07, 6.45) is -0.900. The summed E-state index contributed by atoms with van der Waals surface area (Å²) in [6.45, 7) is 5.30. The van der Waals surface area contributed by atoms with Crippen LogP contribution in [0.3, 0.4) is 0 Å². The number of benzene rings is 5. The van der Waals surface area contributed by atoms with E-state index in [1.54, 1.807) is 37.0 Å². The molecule has 5 heterocycles. The van der Waals surface area contributed by atoms with Crippen molar-refractivity contribution in [3.63, 3.8) is 0 Å². The van der Waals surface area contributed by atoms with Gasteiger partial charge in [0.2, 0.25) is 23.6 Å². The molecule has 0 saturated carbocycles. The van der Waals surface area contributed by atoms with E-state index in [4.69, 9.17) is 28.3 Å². The molecule has 2 aliphatic rings. The number of hydrogen-bond donors (Lipinski definition) is 4. The van der Waals surface area contributed by atoms with Gasteiger partial charge in [-0.25, -0.2) is 4.98 Å². The Labute approximate surface area is 402 Å². The number of likely N-dealkylation sites (N-methyl/N-ethyl adjacent to an activating group) is 1. The van der Waals surface area contributed by atoms with Gasteiger partial charge in [0.15, 0.2) is 11.2 Å². The molecule has 18 nitrogen and oxygen atoms in total. The highest BCUT2D eigenvalue weighted by atomic mass is 16.6. The molecular formula is C52H52N10O8. The van der Waals surface area contributed by atoms with Gasteiger partial charge in [-0.1, -0.05) is 54.6 Å². The second-order valence-electron chi connectivity index (χ2n) is 17.3. The molecule has 5 aromatic carbocycles. The lowest BCUT2D eigenvalue weighted by atomic mass is 9.80. The number of aromatic amines is 1. The number of carbonyl (C=O) groups excluding carboxylic acids is 1. The maximum absolute atomic E-state index is 13.6. The molecule has 2 fully saturated rings. The lowest BCUT2D eigenvalue weighted by molar-refractivity contribution is -0.114. The Balaban J connectivity index is 0.906. The molecule has 1 amide bonds. The van der Waals surface area contributed by atoms with Gasteiger partial charge in [0, 0.05) is 56.3 Å². The molecule has 18 heteroatoms. The number of fused-ring (bicyclic) bond motifs is 1. The number of carbonyl (C=O) groups is 1. The van der Waals surface area contributed by atoms with Crippen molar-refractivity contribution in [2.24, 2.45) is 0 Å². The number of imidazole rings is 1. The fourth-order valence-electron chi connectivity index (χ4n) is 9.06. The van der Waals surface area contributed by atoms with Gasteiger partial charge in [-0.05, 0) is 90.5 Å². The molecule has 70 heavy (non-hydrogen) atoms. The second kappa shape index (κ2) is 19.6. The minimum Gasteiger partial charge on any atom is -0.497 e. The zero-order valence-corrected chi connectivity index (χ0v) is 39.0. The first-order valence-corrected chi connectivity index (χ1v) is 22.9. The second-order valence-corrected chi connectivity index (χ2v) is 17.3. The first-order chi connectivity index (χ1) is 34.1. The molecule has 4 N–H and O–H groups in total. The summed E-state index contributed by atoms with van der Waals surface area (Å²) in [5, 5.41) is 26.3. The van der Waals surface area contributed by atoms with Crippen molar-refractivity contribution in [2.45, 2.75) is 37.4 Å². The summed E-state index contributed by atoms with van der Waals surface area (Å²) < 4.78 is 32.4. The van der Waals surface area contributed by atoms with E-state index < -0.39 is 29.6 Å². The molecule has 2 unspecified atom stereocenters. The van der Waals surface area contributed by atoms with Gasteiger partial charge in [0.25, 0.3) is 5.56 Å². The smallest absolute Gasteiger partial charge is 0.280 e. The van der Waals surface area contributed by atoms with E-state index in [-0.39, 0.29) is 41.9 Å². The molecule has 3 aromatic heterocycles. The van der Waals surface area contributed by atoms with Gasteiger partial charge >= 0.3 is 0 Å². The third-order valence-electron chi connectivity index (χ3n) is 12.8. The van der Waals surface area contributed by atoms with E-state index in [1.807, 2.05) is 91.0 Å². The van der Waals surface area contributed by atoms with Gasteiger partial charge in [0.05, 0.1) is 44.6 Å². The minimum absolute atomic E-state index is 0.0228. The monoisotopic (exact) mass is 944 g/mol. The number of hydrogen-bond acceptors (Lipinski definition) is 15. The molecule has 358 valence electrons. The number of amides is 1. The van der Waals surface area contributed by atoms with Crippen molar-refractivity contribution in [1.82, 2.24) is 34.6 Å². The topological polar surface area (TPSA) is 207 Å². The van der Waals surface area contributed by atoms with Gasteiger partial charge in [0.1, 0.15) is 29.4 Å². The summed E-state index contributed by atoms with van der Waals surface area (Å²) in [4.78, 5) is 42.6. The Hall–Kier alpha value is -7.90. The fourth-order valence-corrected chi connectivity index (χ4v) is 9.06. The number of ether oxygens (including phenoxy) is 4. The van der Waals surface area contributed by atoms with E-state index >= 15 is 0 Å². The molecule has 0 radical (unpaired) electrons. The molecular weight excluding hydrogens is 893 g/mol. The zero-order valence-electron chi connectivity index (χ0n) is 39.0. The predicted molar refractivity (Wildman–Crippen MR) is 263 cm³/mol. The van der Waals surface area contributed by atoms with E-state index in [0.29, 0.717) is 34.3 Å². The Bertz CT molecular complexity index is 3100. The van der Waals surface area contributed by atoms with Crippen molar-refractivity contribution in [2.75, 3.05) is 69.6 Å². The summed E-state index contributed by atoms with van der Waals surface area (Å²) >= 11 is 0. The van der Waals surface area contributed by atoms with Crippen LogP contribution in [0.15, 0.2) is 137 Å². The van der Waals surface area contributed by atoms with Crippen LogP contribution in [0.1, 0.15) is 36.3 Å². The molecule has 3 atom stereocenters. The van der Waals surface area contributed by atoms with Crippen molar-refractivity contribution in [1.29, 1.82) is 0 Å². The number of methoxy groups -OCH3 is 2. The van der Waals surface area contributed by atoms with Crippen LogP contribution in [0.4, 0.5) is 23.0 Å². The van der Waals surface area contributed by atoms with Gasteiger partial charge < -0.3 is 48.9 Å². The number of nitrogens with zero attached hydrogens (tertiary/aromatic N) is 7. The number of H-pyrrole nitrogens is 1. The summed E-state index contributed by atoms with van der Waals surface area (Å²) in [5.41, 5.74) is 4.38. The maximum Gasteiger partial charge on any atom is 0.280 e. The van der Waals surface area contributed by atoms with Crippen molar-refractivity contribution < 1.29 is 33.3 Å². The molecule has 0 aliphatic carbocycles. The Morgan fingerprint density at radius 2 is 1.44 bits per heavy atom. The maximum atomic E-state index is 13.6. The lowest BCUT2D eigenvalue weighted by Gasteiger charge is -2.37. The van der Waals surface area contributed by atoms with Crippen molar-refractivity contribution in [3.8, 4) is 34.4 Å². The molecule has 2 aliphatic heterocycles. The summed E-state index contributed by atoms with van der Waals surface area (Å²) in [5.74, 6) is 1.72. The molecule has 10 rings (SSSR count). The van der Waals surface area contributed by atoms with E-state index in [9.17, 15) is 14.7 Å². The average Bonchev–Trinajstić information content (AvgIpc) is 4.15. The molecule has 8 aromatic rings. The Kier molecular flexibility index (Phi) is 12.8. The number of aliphatic hydroxyl groups is 1. The quantitative estimate of drug-likeness (QED) is 0.0766. The van der Waals surface area contributed by atoms with E-state index in [0.717, 1.165) is 54.1 Å². The normalized spacial score (nSPS) is 17.4. The summed E-state index contributed by atoms with van der Waals surface area (Å²) in [7, 11) is 5.37. The highest BCUT2D eigenvalue weighted by Gasteiger charge is 2.42.